The Morgan fingerprint density at radius 2 is 2.09 bits per heavy atom. The molecular formula is C14H19FN4O3S. The van der Waals surface area contributed by atoms with Gasteiger partial charge in [0, 0.05) is 19.5 Å². The molecule has 1 aromatic heterocycles. The third kappa shape index (κ3) is 2.92. The highest BCUT2D eigenvalue weighted by Crippen LogP contribution is 2.40. The van der Waals surface area contributed by atoms with Crippen molar-refractivity contribution in [2.24, 2.45) is 0 Å². The molecule has 2 atom stereocenters. The number of aromatic nitrogens is 2. The van der Waals surface area contributed by atoms with Crippen molar-refractivity contribution in [1.82, 2.24) is 14.3 Å². The highest BCUT2D eigenvalue weighted by atomic mass is 32.2. The number of hydrogen-bond acceptors (Lipinski definition) is 6. The first-order valence-corrected chi connectivity index (χ1v) is 9.34. The average molecular weight is 342 g/mol. The largest absolute Gasteiger partial charge is 0.371 e. The summed E-state index contributed by atoms with van der Waals surface area (Å²) in [6.07, 6.45) is 5.18. The van der Waals surface area contributed by atoms with E-state index in [9.17, 15) is 12.8 Å². The second-order valence-corrected chi connectivity index (χ2v) is 8.81. The minimum Gasteiger partial charge on any atom is -0.371 e. The molecule has 7 nitrogen and oxygen atoms in total. The Morgan fingerprint density at radius 1 is 1.35 bits per heavy atom. The zero-order chi connectivity index (χ0) is 16.1. The lowest BCUT2D eigenvalue weighted by atomic mass is 9.97. The Bertz CT molecular complexity index is 694. The number of nitrogens with one attached hydrogen (secondary N) is 1. The number of halogens is 1. The zero-order valence-electron chi connectivity index (χ0n) is 12.6. The van der Waals surface area contributed by atoms with Crippen LogP contribution in [-0.2, 0) is 14.8 Å². The van der Waals surface area contributed by atoms with Crippen LogP contribution in [0.3, 0.4) is 0 Å². The van der Waals surface area contributed by atoms with E-state index < -0.39 is 21.4 Å². The van der Waals surface area contributed by atoms with Gasteiger partial charge in [0.05, 0.1) is 35.9 Å². The number of sulfonamides is 1. The van der Waals surface area contributed by atoms with Crippen LogP contribution in [0.4, 0.5) is 10.3 Å². The maximum Gasteiger partial charge on any atom is 0.223 e. The Hall–Kier alpha value is -1.32. The van der Waals surface area contributed by atoms with Crippen LogP contribution in [0.1, 0.15) is 25.7 Å². The van der Waals surface area contributed by atoms with Gasteiger partial charge in [-0.15, -0.1) is 0 Å². The van der Waals surface area contributed by atoms with E-state index in [1.165, 1.54) is 0 Å². The van der Waals surface area contributed by atoms with Crippen molar-refractivity contribution < 1.29 is 17.5 Å². The normalized spacial score (nSPS) is 31.8. The molecule has 1 aliphatic carbocycles. The number of anilines is 1. The Kier molecular flexibility index (Phi) is 3.54. The molecule has 1 aromatic rings. The van der Waals surface area contributed by atoms with Crippen molar-refractivity contribution in [3.8, 4) is 0 Å². The minimum absolute atomic E-state index is 0.00374. The Balaban J connectivity index is 1.39. The molecular weight excluding hydrogens is 323 g/mol. The third-order valence-electron chi connectivity index (χ3n) is 4.75. The summed E-state index contributed by atoms with van der Waals surface area (Å²) in [7, 11) is -3.14. The maximum atomic E-state index is 12.8. The maximum absolute atomic E-state index is 12.8. The second kappa shape index (κ2) is 5.35. The zero-order valence-corrected chi connectivity index (χ0v) is 13.4. The number of nitrogens with zero attached hydrogens (tertiary/aromatic N) is 3. The molecule has 0 bridgehead atoms. The lowest BCUT2D eigenvalue weighted by Crippen LogP contribution is -2.37. The van der Waals surface area contributed by atoms with Crippen LogP contribution in [0.25, 0.3) is 0 Å². The quantitative estimate of drug-likeness (QED) is 0.869. The van der Waals surface area contributed by atoms with E-state index in [2.05, 4.69) is 15.3 Å². The van der Waals surface area contributed by atoms with Gasteiger partial charge >= 0.3 is 0 Å². The van der Waals surface area contributed by atoms with Crippen LogP contribution in [-0.4, -0.2) is 59.3 Å². The van der Waals surface area contributed by atoms with Gasteiger partial charge < -0.3 is 10.1 Å². The SMILES string of the molecule is O=S(=O)(C1CC1)N1CCC2(CC(Nc3ncc(F)cn3)CO2)C1. The smallest absolute Gasteiger partial charge is 0.223 e. The molecule has 2 unspecified atom stereocenters. The van der Waals surface area contributed by atoms with Crippen molar-refractivity contribution >= 4 is 16.0 Å². The monoisotopic (exact) mass is 342 g/mol. The third-order valence-corrected chi connectivity index (χ3v) is 7.09. The minimum atomic E-state index is -3.14. The van der Waals surface area contributed by atoms with E-state index in [4.69, 9.17) is 4.74 Å². The van der Waals surface area contributed by atoms with Gasteiger partial charge in [-0.25, -0.2) is 22.8 Å². The van der Waals surface area contributed by atoms with E-state index in [-0.39, 0.29) is 11.3 Å². The summed E-state index contributed by atoms with van der Waals surface area (Å²) in [4.78, 5) is 7.77. The fourth-order valence-corrected chi connectivity index (χ4v) is 5.31. The molecule has 0 aromatic carbocycles. The van der Waals surface area contributed by atoms with Crippen molar-refractivity contribution in [2.45, 2.75) is 42.6 Å². The first-order valence-electron chi connectivity index (χ1n) is 7.84. The highest BCUT2D eigenvalue weighted by molar-refractivity contribution is 7.90. The summed E-state index contributed by atoms with van der Waals surface area (Å²) in [5, 5.41) is 2.95. The first-order chi connectivity index (χ1) is 11.0. The summed E-state index contributed by atoms with van der Waals surface area (Å²) in [6, 6.07) is 0.00374. The van der Waals surface area contributed by atoms with Gasteiger partial charge in [-0.2, -0.15) is 4.31 Å². The van der Waals surface area contributed by atoms with Crippen molar-refractivity contribution in [3.05, 3.63) is 18.2 Å². The summed E-state index contributed by atoms with van der Waals surface area (Å²) in [6.45, 7) is 1.42. The van der Waals surface area contributed by atoms with Gasteiger partial charge in [0.1, 0.15) is 0 Å². The van der Waals surface area contributed by atoms with E-state index in [0.717, 1.165) is 25.2 Å². The highest BCUT2D eigenvalue weighted by Gasteiger charge is 2.51. The van der Waals surface area contributed by atoms with Gasteiger partial charge in [-0.1, -0.05) is 0 Å². The molecule has 1 spiro atoms. The number of rotatable bonds is 4. The standard InChI is InChI=1S/C14H19FN4O3S/c15-10-6-16-13(17-7-10)18-11-5-14(22-8-11)3-4-19(9-14)23(20,21)12-1-2-12/h6-7,11-12H,1-5,8-9H2,(H,16,17,18). The van der Waals surface area contributed by atoms with Crippen molar-refractivity contribution in [3.63, 3.8) is 0 Å². The molecule has 2 aliphatic heterocycles. The van der Waals surface area contributed by atoms with Gasteiger partial charge in [0.15, 0.2) is 5.82 Å². The summed E-state index contributed by atoms with van der Waals surface area (Å²) >= 11 is 0. The van der Waals surface area contributed by atoms with E-state index in [1.54, 1.807) is 4.31 Å². The van der Waals surface area contributed by atoms with Gasteiger partial charge in [-0.05, 0) is 19.3 Å². The fraction of sp³-hybridized carbons (Fsp3) is 0.714. The summed E-state index contributed by atoms with van der Waals surface area (Å²) in [5.74, 6) is -0.121. The lowest BCUT2D eigenvalue weighted by Gasteiger charge is -2.23. The van der Waals surface area contributed by atoms with Crippen LogP contribution < -0.4 is 5.32 Å². The molecule has 126 valence electrons. The predicted molar refractivity (Wildman–Crippen MR) is 80.8 cm³/mol. The predicted octanol–water partition coefficient (Wildman–Crippen LogP) is 0.753. The van der Waals surface area contributed by atoms with Crippen LogP contribution in [0.15, 0.2) is 12.4 Å². The lowest BCUT2D eigenvalue weighted by molar-refractivity contribution is 0.0173. The van der Waals surface area contributed by atoms with Crippen LogP contribution in [0, 0.1) is 5.82 Å². The van der Waals surface area contributed by atoms with Gasteiger partial charge in [0.25, 0.3) is 0 Å². The van der Waals surface area contributed by atoms with Gasteiger partial charge in [-0.3, -0.25) is 0 Å². The van der Waals surface area contributed by atoms with Crippen LogP contribution in [0.2, 0.25) is 0 Å². The molecule has 9 heteroatoms. The van der Waals surface area contributed by atoms with E-state index in [0.29, 0.717) is 38.5 Å². The Labute approximate surface area is 134 Å². The molecule has 3 heterocycles. The molecule has 4 rings (SSSR count). The molecule has 1 saturated carbocycles. The van der Waals surface area contributed by atoms with Crippen molar-refractivity contribution in [1.29, 1.82) is 0 Å². The van der Waals surface area contributed by atoms with Crippen molar-refractivity contribution in [2.75, 3.05) is 25.0 Å². The number of ether oxygens (including phenoxy) is 1. The fourth-order valence-electron chi connectivity index (χ4n) is 3.39. The molecule has 3 aliphatic rings. The number of hydrogen-bond donors (Lipinski definition) is 1. The van der Waals surface area contributed by atoms with E-state index >= 15 is 0 Å². The van der Waals surface area contributed by atoms with Gasteiger partial charge in [0.2, 0.25) is 16.0 Å². The molecule has 0 radical (unpaired) electrons. The van der Waals surface area contributed by atoms with Crippen LogP contribution >= 0.6 is 0 Å². The Morgan fingerprint density at radius 3 is 2.78 bits per heavy atom. The summed E-state index contributed by atoms with van der Waals surface area (Å²) < 4.78 is 45.0. The molecule has 2 saturated heterocycles. The molecule has 1 N–H and O–H groups in total. The second-order valence-electron chi connectivity index (χ2n) is 6.59. The molecule has 23 heavy (non-hydrogen) atoms. The van der Waals surface area contributed by atoms with E-state index in [1.807, 2.05) is 0 Å². The topological polar surface area (TPSA) is 84.4 Å². The molecule has 0 amide bonds. The average Bonchev–Trinajstić information content (AvgIpc) is 3.21. The van der Waals surface area contributed by atoms with Crippen LogP contribution in [0.5, 0.6) is 0 Å². The first kappa shape index (κ1) is 15.2. The summed E-state index contributed by atoms with van der Waals surface area (Å²) in [5.41, 5.74) is -0.417. The molecule has 3 fully saturated rings.